The SMILES string of the molecule is O=C(CCCNCC1CCCc2ccccc21)NC1CC1. The Morgan fingerprint density at radius 1 is 1.19 bits per heavy atom. The summed E-state index contributed by atoms with van der Waals surface area (Å²) >= 11 is 0. The van der Waals surface area contributed by atoms with Crippen LogP contribution in [0.5, 0.6) is 0 Å². The monoisotopic (exact) mass is 286 g/mol. The van der Waals surface area contributed by atoms with Gasteiger partial charge in [-0.15, -0.1) is 0 Å². The van der Waals surface area contributed by atoms with E-state index in [9.17, 15) is 4.79 Å². The first-order valence-electron chi connectivity index (χ1n) is 8.41. The Morgan fingerprint density at radius 3 is 2.90 bits per heavy atom. The van der Waals surface area contributed by atoms with Crippen LogP contribution in [0.25, 0.3) is 0 Å². The van der Waals surface area contributed by atoms with E-state index in [2.05, 4.69) is 34.9 Å². The fourth-order valence-electron chi connectivity index (χ4n) is 3.24. The van der Waals surface area contributed by atoms with Crippen molar-refractivity contribution >= 4 is 5.91 Å². The number of carbonyl (C=O) groups excluding carboxylic acids is 1. The van der Waals surface area contributed by atoms with Crippen LogP contribution < -0.4 is 10.6 Å². The van der Waals surface area contributed by atoms with Crippen LogP contribution in [0, 0.1) is 0 Å². The molecule has 0 spiro atoms. The van der Waals surface area contributed by atoms with E-state index in [1.54, 1.807) is 0 Å². The molecule has 114 valence electrons. The molecule has 1 atom stereocenters. The number of carbonyl (C=O) groups is 1. The van der Waals surface area contributed by atoms with Gasteiger partial charge in [0, 0.05) is 19.0 Å². The molecule has 21 heavy (non-hydrogen) atoms. The number of aryl methyl sites for hydroxylation is 1. The molecule has 0 aromatic heterocycles. The Kier molecular flexibility index (Phi) is 4.91. The van der Waals surface area contributed by atoms with Crippen LogP contribution in [0.2, 0.25) is 0 Å². The van der Waals surface area contributed by atoms with Gasteiger partial charge in [-0.05, 0) is 62.1 Å². The average molecular weight is 286 g/mol. The number of amides is 1. The molecule has 0 radical (unpaired) electrons. The van der Waals surface area contributed by atoms with Crippen LogP contribution in [0.3, 0.4) is 0 Å². The van der Waals surface area contributed by atoms with E-state index in [0.29, 0.717) is 18.4 Å². The summed E-state index contributed by atoms with van der Waals surface area (Å²) < 4.78 is 0. The van der Waals surface area contributed by atoms with E-state index in [-0.39, 0.29) is 5.91 Å². The molecule has 1 saturated carbocycles. The summed E-state index contributed by atoms with van der Waals surface area (Å²) in [6.45, 7) is 1.98. The maximum Gasteiger partial charge on any atom is 0.220 e. The summed E-state index contributed by atoms with van der Waals surface area (Å²) in [4.78, 5) is 11.6. The van der Waals surface area contributed by atoms with E-state index in [4.69, 9.17) is 0 Å². The smallest absolute Gasteiger partial charge is 0.220 e. The molecule has 0 aliphatic heterocycles. The molecular weight excluding hydrogens is 260 g/mol. The van der Waals surface area contributed by atoms with Gasteiger partial charge in [-0.1, -0.05) is 24.3 Å². The third kappa shape index (κ3) is 4.31. The summed E-state index contributed by atoms with van der Waals surface area (Å²) in [6.07, 6.45) is 7.75. The van der Waals surface area contributed by atoms with E-state index in [1.807, 2.05) is 0 Å². The normalized spacial score (nSPS) is 20.9. The first-order valence-corrected chi connectivity index (χ1v) is 8.41. The van der Waals surface area contributed by atoms with Gasteiger partial charge in [0.05, 0.1) is 0 Å². The first-order chi connectivity index (χ1) is 10.3. The highest BCUT2D eigenvalue weighted by molar-refractivity contribution is 5.76. The van der Waals surface area contributed by atoms with Gasteiger partial charge in [0.1, 0.15) is 0 Å². The van der Waals surface area contributed by atoms with E-state index < -0.39 is 0 Å². The van der Waals surface area contributed by atoms with Crippen molar-refractivity contribution in [2.24, 2.45) is 0 Å². The molecule has 1 aromatic rings. The molecule has 2 aliphatic carbocycles. The van der Waals surface area contributed by atoms with Crippen molar-refractivity contribution in [1.82, 2.24) is 10.6 Å². The van der Waals surface area contributed by atoms with Gasteiger partial charge in [-0.3, -0.25) is 4.79 Å². The fourth-order valence-corrected chi connectivity index (χ4v) is 3.24. The molecule has 3 heteroatoms. The third-order valence-electron chi connectivity index (χ3n) is 4.58. The van der Waals surface area contributed by atoms with Gasteiger partial charge in [0.25, 0.3) is 0 Å². The third-order valence-corrected chi connectivity index (χ3v) is 4.58. The number of benzene rings is 1. The highest BCUT2D eigenvalue weighted by Gasteiger charge is 2.22. The number of fused-ring (bicyclic) bond motifs is 1. The second-order valence-corrected chi connectivity index (χ2v) is 6.44. The molecule has 0 saturated heterocycles. The predicted molar refractivity (Wildman–Crippen MR) is 85.4 cm³/mol. The molecular formula is C18H26N2O. The molecule has 1 fully saturated rings. The fraction of sp³-hybridized carbons (Fsp3) is 0.611. The van der Waals surface area contributed by atoms with Crippen molar-refractivity contribution in [2.75, 3.05) is 13.1 Å². The van der Waals surface area contributed by atoms with Crippen LogP contribution in [-0.4, -0.2) is 25.0 Å². The lowest BCUT2D eigenvalue weighted by atomic mass is 9.83. The molecule has 2 aliphatic rings. The minimum atomic E-state index is 0.224. The highest BCUT2D eigenvalue weighted by Crippen LogP contribution is 2.30. The number of rotatable bonds is 7. The lowest BCUT2D eigenvalue weighted by Crippen LogP contribution is -2.28. The summed E-state index contributed by atoms with van der Waals surface area (Å²) in [5.74, 6) is 0.873. The zero-order chi connectivity index (χ0) is 14.5. The summed E-state index contributed by atoms with van der Waals surface area (Å²) in [7, 11) is 0. The predicted octanol–water partition coefficient (Wildman–Crippen LogP) is 2.75. The van der Waals surface area contributed by atoms with Crippen molar-refractivity contribution in [1.29, 1.82) is 0 Å². The maximum absolute atomic E-state index is 11.6. The minimum Gasteiger partial charge on any atom is -0.353 e. The number of nitrogens with one attached hydrogen (secondary N) is 2. The Labute approximate surface area is 127 Å². The lowest BCUT2D eigenvalue weighted by Gasteiger charge is -2.25. The van der Waals surface area contributed by atoms with E-state index >= 15 is 0 Å². The molecule has 3 rings (SSSR count). The Hall–Kier alpha value is -1.35. The molecule has 3 nitrogen and oxygen atoms in total. The van der Waals surface area contributed by atoms with Gasteiger partial charge < -0.3 is 10.6 Å². The molecule has 1 unspecified atom stereocenters. The van der Waals surface area contributed by atoms with Gasteiger partial charge in [0.2, 0.25) is 5.91 Å². The average Bonchev–Trinajstić information content (AvgIpc) is 3.31. The van der Waals surface area contributed by atoms with Crippen LogP contribution >= 0.6 is 0 Å². The van der Waals surface area contributed by atoms with Gasteiger partial charge >= 0.3 is 0 Å². The van der Waals surface area contributed by atoms with Gasteiger partial charge in [-0.2, -0.15) is 0 Å². The van der Waals surface area contributed by atoms with Crippen LogP contribution in [0.4, 0.5) is 0 Å². The minimum absolute atomic E-state index is 0.224. The Balaban J connectivity index is 1.35. The zero-order valence-electron chi connectivity index (χ0n) is 12.7. The number of hydrogen-bond acceptors (Lipinski definition) is 2. The van der Waals surface area contributed by atoms with Gasteiger partial charge in [-0.25, -0.2) is 0 Å². The molecule has 0 bridgehead atoms. The summed E-state index contributed by atoms with van der Waals surface area (Å²) in [5, 5.41) is 6.58. The van der Waals surface area contributed by atoms with Gasteiger partial charge in [0.15, 0.2) is 0 Å². The zero-order valence-corrected chi connectivity index (χ0v) is 12.7. The summed E-state index contributed by atoms with van der Waals surface area (Å²) in [6, 6.07) is 9.34. The highest BCUT2D eigenvalue weighted by atomic mass is 16.1. The Bertz CT molecular complexity index is 482. The van der Waals surface area contributed by atoms with Crippen molar-refractivity contribution in [3.8, 4) is 0 Å². The van der Waals surface area contributed by atoms with Crippen LogP contribution in [-0.2, 0) is 11.2 Å². The second-order valence-electron chi connectivity index (χ2n) is 6.44. The molecule has 1 aromatic carbocycles. The van der Waals surface area contributed by atoms with Crippen LogP contribution in [0.15, 0.2) is 24.3 Å². The van der Waals surface area contributed by atoms with Crippen molar-refractivity contribution < 1.29 is 4.79 Å². The van der Waals surface area contributed by atoms with Crippen molar-refractivity contribution in [3.05, 3.63) is 35.4 Å². The maximum atomic E-state index is 11.6. The molecule has 0 heterocycles. The van der Waals surface area contributed by atoms with Crippen LogP contribution in [0.1, 0.15) is 55.6 Å². The van der Waals surface area contributed by atoms with Crippen molar-refractivity contribution in [3.63, 3.8) is 0 Å². The van der Waals surface area contributed by atoms with Crippen molar-refractivity contribution in [2.45, 2.75) is 56.9 Å². The topological polar surface area (TPSA) is 41.1 Å². The summed E-state index contributed by atoms with van der Waals surface area (Å²) in [5.41, 5.74) is 3.06. The number of hydrogen-bond donors (Lipinski definition) is 2. The Morgan fingerprint density at radius 2 is 2.05 bits per heavy atom. The quantitative estimate of drug-likeness (QED) is 0.757. The lowest BCUT2D eigenvalue weighted by molar-refractivity contribution is -0.121. The molecule has 2 N–H and O–H groups in total. The standard InChI is InChI=1S/C18H26N2O/c21-18(20-16-10-11-16)9-4-12-19-13-15-7-3-6-14-5-1-2-8-17(14)15/h1-2,5,8,15-16,19H,3-4,6-7,9-13H2,(H,20,21). The van der Waals surface area contributed by atoms with E-state index in [1.165, 1.54) is 43.2 Å². The molecule has 1 amide bonds. The largest absolute Gasteiger partial charge is 0.353 e. The van der Waals surface area contributed by atoms with E-state index in [0.717, 1.165) is 19.5 Å². The second kappa shape index (κ2) is 7.08. The first kappa shape index (κ1) is 14.6.